The summed E-state index contributed by atoms with van der Waals surface area (Å²) in [6.45, 7) is 4.79. The maximum absolute atomic E-state index is 12.5. The van der Waals surface area contributed by atoms with E-state index in [0.29, 0.717) is 24.4 Å². The second kappa shape index (κ2) is 11.0. The second-order valence-corrected chi connectivity index (χ2v) is 6.70. The van der Waals surface area contributed by atoms with Crippen LogP contribution in [-0.4, -0.2) is 50.1 Å². The van der Waals surface area contributed by atoms with Gasteiger partial charge in [0.2, 0.25) is 11.8 Å². The van der Waals surface area contributed by atoms with E-state index in [9.17, 15) is 9.59 Å². The molecule has 2 N–H and O–H groups in total. The summed E-state index contributed by atoms with van der Waals surface area (Å²) in [6.07, 6.45) is 0. The quantitative estimate of drug-likeness (QED) is 0.682. The molecule has 0 aliphatic rings. The van der Waals surface area contributed by atoms with E-state index in [4.69, 9.17) is 10.00 Å². The van der Waals surface area contributed by atoms with Gasteiger partial charge in [-0.1, -0.05) is 24.3 Å². The monoisotopic (exact) mass is 394 g/mol. The lowest BCUT2D eigenvalue weighted by atomic mass is 10.1. The van der Waals surface area contributed by atoms with E-state index >= 15 is 0 Å². The highest BCUT2D eigenvalue weighted by Gasteiger charge is 2.16. The first kappa shape index (κ1) is 22.1. The summed E-state index contributed by atoms with van der Waals surface area (Å²) in [5, 5.41) is 14.8. The molecule has 0 saturated carbocycles. The van der Waals surface area contributed by atoms with Gasteiger partial charge in [0.15, 0.2) is 0 Å². The highest BCUT2D eigenvalue weighted by atomic mass is 16.5. The third kappa shape index (κ3) is 6.71. The number of carbonyl (C=O) groups excluding carboxylic acids is 2. The highest BCUT2D eigenvalue weighted by Crippen LogP contribution is 2.18. The number of nitrogens with one attached hydrogen (secondary N) is 2. The van der Waals surface area contributed by atoms with Gasteiger partial charge < -0.3 is 15.4 Å². The maximum atomic E-state index is 12.5. The van der Waals surface area contributed by atoms with Gasteiger partial charge in [0, 0.05) is 19.3 Å². The van der Waals surface area contributed by atoms with Crippen LogP contribution in [0.1, 0.15) is 16.7 Å². The number of carbonyl (C=O) groups is 2. The summed E-state index contributed by atoms with van der Waals surface area (Å²) in [4.78, 5) is 26.7. The fourth-order valence-corrected chi connectivity index (χ4v) is 2.80. The number of nitriles is 1. The van der Waals surface area contributed by atoms with Gasteiger partial charge in [-0.3, -0.25) is 14.5 Å². The summed E-state index contributed by atoms with van der Waals surface area (Å²) in [5.74, 6) is -0.511. The van der Waals surface area contributed by atoms with Gasteiger partial charge in [-0.2, -0.15) is 5.26 Å². The van der Waals surface area contributed by atoms with Crippen molar-refractivity contribution >= 4 is 23.2 Å². The van der Waals surface area contributed by atoms with Gasteiger partial charge >= 0.3 is 0 Å². The second-order valence-electron chi connectivity index (χ2n) is 6.70. The molecular weight excluding hydrogens is 368 g/mol. The van der Waals surface area contributed by atoms with Crippen LogP contribution in [0.4, 0.5) is 11.4 Å². The zero-order chi connectivity index (χ0) is 21.2. The lowest BCUT2D eigenvalue weighted by Gasteiger charge is -2.21. The van der Waals surface area contributed by atoms with Crippen LogP contribution in [0.15, 0.2) is 42.5 Å². The number of amides is 2. The summed E-state index contributed by atoms with van der Waals surface area (Å²) in [6, 6.07) is 14.6. The minimum absolute atomic E-state index is 0.00332. The van der Waals surface area contributed by atoms with Crippen LogP contribution in [-0.2, 0) is 14.3 Å². The predicted octanol–water partition coefficient (Wildman–Crippen LogP) is 2.70. The molecule has 0 atom stereocenters. The SMILES string of the molecule is COCCN(CC(=O)Nc1ccccc1C#N)CC(=O)Nc1cccc(C)c1C. The van der Waals surface area contributed by atoms with Gasteiger partial charge in [-0.15, -0.1) is 0 Å². The number of benzene rings is 2. The van der Waals surface area contributed by atoms with E-state index in [1.165, 1.54) is 0 Å². The van der Waals surface area contributed by atoms with Gasteiger partial charge in [0.05, 0.1) is 30.9 Å². The molecule has 0 aliphatic carbocycles. The van der Waals surface area contributed by atoms with Crippen molar-refractivity contribution in [2.24, 2.45) is 0 Å². The van der Waals surface area contributed by atoms with E-state index in [1.807, 2.05) is 38.1 Å². The first-order chi connectivity index (χ1) is 13.9. The van der Waals surface area contributed by atoms with Gasteiger partial charge in [-0.25, -0.2) is 0 Å². The Balaban J connectivity index is 2.00. The molecule has 0 aromatic heterocycles. The normalized spacial score (nSPS) is 10.4. The molecule has 0 radical (unpaired) electrons. The average Bonchev–Trinajstić information content (AvgIpc) is 2.70. The number of anilines is 2. The number of methoxy groups -OCH3 is 1. The van der Waals surface area contributed by atoms with Crippen molar-refractivity contribution in [1.29, 1.82) is 5.26 Å². The molecule has 152 valence electrons. The molecule has 29 heavy (non-hydrogen) atoms. The number of hydrogen-bond donors (Lipinski definition) is 2. The van der Waals surface area contributed by atoms with Crippen molar-refractivity contribution in [3.8, 4) is 6.07 Å². The number of aryl methyl sites for hydroxylation is 1. The van der Waals surface area contributed by atoms with Crippen LogP contribution >= 0.6 is 0 Å². The summed E-state index contributed by atoms with van der Waals surface area (Å²) < 4.78 is 5.10. The molecule has 2 aromatic rings. The fraction of sp³-hybridized carbons (Fsp3) is 0.318. The van der Waals surface area contributed by atoms with Crippen LogP contribution in [0.2, 0.25) is 0 Å². The Hall–Kier alpha value is -3.21. The third-order valence-corrected chi connectivity index (χ3v) is 4.55. The molecule has 0 aliphatic heterocycles. The van der Waals surface area contributed by atoms with Gasteiger partial charge in [0.1, 0.15) is 6.07 Å². The summed E-state index contributed by atoms with van der Waals surface area (Å²) in [7, 11) is 1.57. The van der Waals surface area contributed by atoms with Gasteiger partial charge in [0.25, 0.3) is 0 Å². The first-order valence-corrected chi connectivity index (χ1v) is 9.31. The van der Waals surface area contributed by atoms with E-state index in [0.717, 1.165) is 16.8 Å². The fourth-order valence-electron chi connectivity index (χ4n) is 2.80. The Bertz CT molecular complexity index is 905. The van der Waals surface area contributed by atoms with Crippen molar-refractivity contribution in [2.75, 3.05) is 44.0 Å². The smallest absolute Gasteiger partial charge is 0.238 e. The molecule has 0 heterocycles. The average molecular weight is 394 g/mol. The Kier molecular flexibility index (Phi) is 8.34. The molecule has 2 aromatic carbocycles. The number of nitrogens with zero attached hydrogens (tertiary/aromatic N) is 2. The van der Waals surface area contributed by atoms with E-state index in [2.05, 4.69) is 10.6 Å². The molecule has 7 heteroatoms. The highest BCUT2D eigenvalue weighted by molar-refractivity contribution is 5.95. The Morgan fingerprint density at radius 3 is 2.28 bits per heavy atom. The summed E-state index contributed by atoms with van der Waals surface area (Å²) >= 11 is 0. The molecule has 0 fully saturated rings. The van der Waals surface area contributed by atoms with Crippen LogP contribution in [0, 0.1) is 25.2 Å². The first-order valence-electron chi connectivity index (χ1n) is 9.31. The van der Waals surface area contributed by atoms with Crippen LogP contribution in [0.5, 0.6) is 0 Å². The molecule has 2 amide bonds. The topological polar surface area (TPSA) is 94.5 Å². The van der Waals surface area contributed by atoms with E-state index in [-0.39, 0.29) is 24.9 Å². The van der Waals surface area contributed by atoms with Crippen molar-refractivity contribution in [2.45, 2.75) is 13.8 Å². The zero-order valence-corrected chi connectivity index (χ0v) is 17.0. The number of hydrogen-bond acceptors (Lipinski definition) is 5. The molecule has 0 spiro atoms. The van der Waals surface area contributed by atoms with Crippen LogP contribution in [0.25, 0.3) is 0 Å². The largest absolute Gasteiger partial charge is 0.383 e. The molecule has 0 unspecified atom stereocenters. The third-order valence-electron chi connectivity index (χ3n) is 4.55. The number of rotatable bonds is 9. The number of para-hydroxylation sites is 1. The van der Waals surface area contributed by atoms with Crippen LogP contribution < -0.4 is 10.6 Å². The lowest BCUT2D eigenvalue weighted by molar-refractivity contribution is -0.120. The Morgan fingerprint density at radius 2 is 1.62 bits per heavy atom. The Morgan fingerprint density at radius 1 is 1.00 bits per heavy atom. The van der Waals surface area contributed by atoms with Crippen molar-refractivity contribution in [3.05, 3.63) is 59.2 Å². The van der Waals surface area contributed by atoms with Crippen molar-refractivity contribution in [1.82, 2.24) is 4.90 Å². The standard InChI is InChI=1S/C22H26N4O3/c1-16-7-6-10-19(17(16)2)24-21(27)14-26(11-12-29-3)15-22(28)25-20-9-5-4-8-18(20)13-23/h4-10H,11-12,14-15H2,1-3H3,(H,24,27)(H,25,28). The molecule has 7 nitrogen and oxygen atoms in total. The van der Waals surface area contributed by atoms with Crippen LogP contribution in [0.3, 0.4) is 0 Å². The molecule has 0 saturated heterocycles. The van der Waals surface area contributed by atoms with E-state index in [1.54, 1.807) is 36.3 Å². The van der Waals surface area contributed by atoms with Crippen molar-refractivity contribution in [3.63, 3.8) is 0 Å². The molecule has 0 bridgehead atoms. The molecule has 2 rings (SSSR count). The van der Waals surface area contributed by atoms with Crippen molar-refractivity contribution < 1.29 is 14.3 Å². The number of ether oxygens (including phenoxy) is 1. The predicted molar refractivity (Wildman–Crippen MR) is 113 cm³/mol. The summed E-state index contributed by atoms with van der Waals surface area (Å²) in [5.41, 5.74) is 3.70. The lowest BCUT2D eigenvalue weighted by Crippen LogP contribution is -2.40. The maximum Gasteiger partial charge on any atom is 0.238 e. The van der Waals surface area contributed by atoms with E-state index < -0.39 is 0 Å². The molecular formula is C22H26N4O3. The zero-order valence-electron chi connectivity index (χ0n) is 17.0. The van der Waals surface area contributed by atoms with Gasteiger partial charge in [-0.05, 0) is 43.2 Å². The Labute approximate surface area is 171 Å². The minimum Gasteiger partial charge on any atom is -0.383 e. The minimum atomic E-state index is -0.302.